The molecule has 1 atom stereocenters. The Morgan fingerprint density at radius 2 is 2.03 bits per heavy atom. The summed E-state index contributed by atoms with van der Waals surface area (Å²) in [7, 11) is 0. The fraction of sp³-hybridized carbons (Fsp3) is 0.286. The van der Waals surface area contributed by atoms with E-state index in [-0.39, 0.29) is 0 Å². The predicted octanol–water partition coefficient (Wildman–Crippen LogP) is 3.80. The van der Waals surface area contributed by atoms with E-state index in [0.717, 1.165) is 25.3 Å². The van der Waals surface area contributed by atoms with Gasteiger partial charge in [-0.1, -0.05) is 0 Å². The Bertz CT molecular complexity index is 1060. The van der Waals surface area contributed by atoms with Crippen molar-refractivity contribution in [2.75, 3.05) is 18.0 Å². The van der Waals surface area contributed by atoms with Gasteiger partial charge in [-0.25, -0.2) is 23.7 Å². The third-order valence-electron chi connectivity index (χ3n) is 5.21. The fourth-order valence-corrected chi connectivity index (χ4v) is 3.60. The molecule has 154 valence electrons. The molecule has 0 amide bonds. The Morgan fingerprint density at radius 1 is 1.23 bits per heavy atom. The lowest BCUT2D eigenvalue weighted by Gasteiger charge is -2.18. The molecule has 0 aliphatic carbocycles. The van der Waals surface area contributed by atoms with Crippen molar-refractivity contribution < 1.29 is 8.78 Å². The van der Waals surface area contributed by atoms with Crippen molar-refractivity contribution in [2.24, 2.45) is 4.99 Å². The van der Waals surface area contributed by atoms with E-state index >= 15 is 0 Å². The van der Waals surface area contributed by atoms with Gasteiger partial charge < -0.3 is 4.90 Å². The second kappa shape index (κ2) is 8.48. The van der Waals surface area contributed by atoms with Crippen LogP contribution in [0.4, 0.5) is 14.6 Å². The second-order valence-electron chi connectivity index (χ2n) is 7.02. The zero-order valence-electron chi connectivity index (χ0n) is 16.5. The first kappa shape index (κ1) is 19.8. The second-order valence-corrected chi connectivity index (χ2v) is 7.02. The van der Waals surface area contributed by atoms with Crippen molar-refractivity contribution in [2.45, 2.75) is 25.7 Å². The highest BCUT2D eigenvalue weighted by atomic mass is 19.3. The summed E-state index contributed by atoms with van der Waals surface area (Å²) in [6, 6.07) is 5.95. The zero-order valence-corrected chi connectivity index (χ0v) is 16.5. The molecule has 0 bridgehead atoms. The van der Waals surface area contributed by atoms with E-state index in [4.69, 9.17) is 0 Å². The molecule has 0 spiro atoms. The van der Waals surface area contributed by atoms with Crippen LogP contribution in [-0.4, -0.2) is 50.7 Å². The van der Waals surface area contributed by atoms with Crippen LogP contribution in [0.15, 0.2) is 53.7 Å². The third-order valence-corrected chi connectivity index (χ3v) is 5.21. The molecule has 0 aromatic carbocycles. The average Bonchev–Trinajstić information content (AvgIpc) is 3.40. The van der Waals surface area contributed by atoms with Gasteiger partial charge in [0.05, 0.1) is 6.20 Å². The van der Waals surface area contributed by atoms with Crippen LogP contribution in [0.2, 0.25) is 0 Å². The molecule has 1 saturated heterocycles. The van der Waals surface area contributed by atoms with Gasteiger partial charge in [-0.15, -0.1) is 0 Å². The van der Waals surface area contributed by atoms with Gasteiger partial charge in [-0.05, 0) is 43.8 Å². The van der Waals surface area contributed by atoms with Gasteiger partial charge >= 0.3 is 0 Å². The van der Waals surface area contributed by atoms with E-state index in [1.54, 1.807) is 19.3 Å². The summed E-state index contributed by atoms with van der Waals surface area (Å²) in [6.45, 7) is 6.65. The lowest BCUT2D eigenvalue weighted by atomic mass is 10.00. The van der Waals surface area contributed by atoms with Crippen LogP contribution in [-0.2, 0) is 0 Å². The quantitative estimate of drug-likeness (QED) is 0.579. The van der Waals surface area contributed by atoms with Crippen molar-refractivity contribution in [3.05, 3.63) is 60.1 Å². The third kappa shape index (κ3) is 3.96. The molecule has 4 heterocycles. The molecular weight excluding hydrogens is 388 g/mol. The molecule has 1 aliphatic heterocycles. The molecule has 0 saturated carbocycles. The number of aryl methyl sites for hydroxylation is 1. The molecule has 3 aromatic heterocycles. The minimum atomic E-state index is -2.74. The Hall–Kier alpha value is -3.49. The van der Waals surface area contributed by atoms with Crippen LogP contribution >= 0.6 is 0 Å². The largest absolute Gasteiger partial charge is 0.356 e. The zero-order chi connectivity index (χ0) is 21.1. The van der Waals surface area contributed by atoms with Crippen molar-refractivity contribution in [1.82, 2.24) is 24.5 Å². The van der Waals surface area contributed by atoms with E-state index in [1.807, 2.05) is 30.6 Å². The fourth-order valence-electron chi connectivity index (χ4n) is 3.60. The number of rotatable bonds is 6. The number of allylic oxidation sites excluding steroid dienone is 1. The van der Waals surface area contributed by atoms with Gasteiger partial charge in [0, 0.05) is 43.8 Å². The van der Waals surface area contributed by atoms with Crippen molar-refractivity contribution in [3.63, 3.8) is 0 Å². The van der Waals surface area contributed by atoms with E-state index in [1.165, 1.54) is 16.3 Å². The first-order valence-corrected chi connectivity index (χ1v) is 9.55. The summed E-state index contributed by atoms with van der Waals surface area (Å²) < 4.78 is 27.8. The number of aromatic nitrogens is 5. The van der Waals surface area contributed by atoms with Crippen LogP contribution in [0.1, 0.15) is 23.7 Å². The lowest BCUT2D eigenvalue weighted by molar-refractivity contribution is 0.189. The number of aliphatic imine (C=N–C) groups is 1. The highest BCUT2D eigenvalue weighted by Crippen LogP contribution is 2.30. The SMILES string of the molecule is C=N/C(=C\n1c(-c2nccc(N3CCC(c4ccncc4)C3)n2)cnc1C)C(F)F. The minimum absolute atomic E-state index is 0.411. The number of nitrogens with zero attached hydrogens (tertiary/aromatic N) is 7. The topological polar surface area (TPSA) is 72.1 Å². The van der Waals surface area contributed by atoms with Crippen molar-refractivity contribution in [3.8, 4) is 11.5 Å². The first-order valence-electron chi connectivity index (χ1n) is 9.55. The smallest absolute Gasteiger partial charge is 0.281 e. The Morgan fingerprint density at radius 3 is 2.77 bits per heavy atom. The van der Waals surface area contributed by atoms with Gasteiger partial charge in [0.2, 0.25) is 0 Å². The number of anilines is 1. The van der Waals surface area contributed by atoms with E-state index < -0.39 is 12.1 Å². The molecule has 30 heavy (non-hydrogen) atoms. The van der Waals surface area contributed by atoms with Crippen LogP contribution in [0.5, 0.6) is 0 Å². The summed E-state index contributed by atoms with van der Waals surface area (Å²) in [6.07, 6.45) is 6.37. The molecule has 1 unspecified atom stereocenters. The van der Waals surface area contributed by atoms with Crippen molar-refractivity contribution >= 4 is 18.7 Å². The van der Waals surface area contributed by atoms with Gasteiger partial charge in [-0.3, -0.25) is 14.5 Å². The van der Waals surface area contributed by atoms with Gasteiger partial charge in [0.25, 0.3) is 6.43 Å². The van der Waals surface area contributed by atoms with Gasteiger partial charge in [0.1, 0.15) is 23.0 Å². The summed E-state index contributed by atoms with van der Waals surface area (Å²) in [4.78, 5) is 23.0. The summed E-state index contributed by atoms with van der Waals surface area (Å²) in [5.41, 5.74) is 1.34. The maximum atomic E-state index is 13.1. The normalized spacial score (nSPS) is 17.0. The molecule has 1 aliphatic rings. The number of hydrogen-bond donors (Lipinski definition) is 0. The highest BCUT2D eigenvalue weighted by molar-refractivity contribution is 5.58. The molecule has 4 rings (SSSR count). The molecule has 0 N–H and O–H groups in total. The Balaban J connectivity index is 1.62. The Kier molecular flexibility index (Phi) is 5.60. The van der Waals surface area contributed by atoms with Crippen molar-refractivity contribution in [1.29, 1.82) is 0 Å². The van der Waals surface area contributed by atoms with E-state index in [2.05, 4.69) is 36.5 Å². The van der Waals surface area contributed by atoms with Crippen LogP contribution < -0.4 is 4.90 Å². The van der Waals surface area contributed by atoms with E-state index in [9.17, 15) is 8.78 Å². The van der Waals surface area contributed by atoms with Gasteiger partial charge in [-0.2, -0.15) is 0 Å². The molecular formula is C21H21F2N7. The molecule has 0 radical (unpaired) electrons. The predicted molar refractivity (Wildman–Crippen MR) is 112 cm³/mol. The number of hydrogen-bond acceptors (Lipinski definition) is 6. The van der Waals surface area contributed by atoms with Crippen LogP contribution in [0.25, 0.3) is 17.7 Å². The molecule has 9 heteroatoms. The summed E-state index contributed by atoms with van der Waals surface area (Å²) in [5, 5.41) is 0. The highest BCUT2D eigenvalue weighted by Gasteiger charge is 2.25. The number of alkyl halides is 2. The molecule has 3 aromatic rings. The Labute approximate surface area is 172 Å². The standard InChI is InChI=1S/C21H21F2N7/c1-14-27-11-18(30(14)13-17(24-2)20(22)23)21-26-9-5-19(28-21)29-10-6-16(12-29)15-3-7-25-8-4-15/h3-5,7-9,11,13,16,20H,2,6,10,12H2,1H3/b17-13-. The average molecular weight is 409 g/mol. The first-order chi connectivity index (χ1) is 14.6. The van der Waals surface area contributed by atoms with Gasteiger partial charge in [0.15, 0.2) is 5.82 Å². The number of halogens is 2. The lowest BCUT2D eigenvalue weighted by Crippen LogP contribution is -2.20. The summed E-state index contributed by atoms with van der Waals surface area (Å²) >= 11 is 0. The monoisotopic (exact) mass is 409 g/mol. The minimum Gasteiger partial charge on any atom is -0.356 e. The van der Waals surface area contributed by atoms with Crippen LogP contribution in [0, 0.1) is 6.92 Å². The molecule has 1 fully saturated rings. The van der Waals surface area contributed by atoms with E-state index in [0.29, 0.717) is 23.3 Å². The number of imidazole rings is 1. The molecule has 7 nitrogen and oxygen atoms in total. The van der Waals surface area contributed by atoms with Crippen LogP contribution in [0.3, 0.4) is 0 Å². The number of pyridine rings is 1. The summed E-state index contributed by atoms with van der Waals surface area (Å²) in [5.74, 6) is 2.14. The maximum absolute atomic E-state index is 13.1. The maximum Gasteiger partial charge on any atom is 0.281 e.